The first-order chi connectivity index (χ1) is 6.75. The normalized spacial score (nSPS) is 15.9. The van der Waals surface area contributed by atoms with Gasteiger partial charge in [-0.2, -0.15) is 0 Å². The Morgan fingerprint density at radius 3 is 2.86 bits per heavy atom. The molecule has 3 heteroatoms. The van der Waals surface area contributed by atoms with Crippen molar-refractivity contribution in [3.8, 4) is 0 Å². The summed E-state index contributed by atoms with van der Waals surface area (Å²) in [7, 11) is 0. The zero-order chi connectivity index (χ0) is 9.97. The Morgan fingerprint density at radius 2 is 2.14 bits per heavy atom. The van der Waals surface area contributed by atoms with E-state index < -0.39 is 0 Å². The molecule has 0 aliphatic heterocycles. The Labute approximate surface area is 85.3 Å². The molecule has 0 aromatic carbocycles. The number of nitrogens with zero attached hydrogens (tertiary/aromatic N) is 1. The molecule has 1 heterocycles. The number of imidazole rings is 1. The number of hydrogen-bond acceptors (Lipinski definition) is 2. The molecule has 0 spiro atoms. The lowest BCUT2D eigenvalue weighted by molar-refractivity contribution is 0.574. The highest BCUT2D eigenvalue weighted by molar-refractivity contribution is 5.17. The van der Waals surface area contributed by atoms with Crippen LogP contribution in [-0.4, -0.2) is 16.0 Å². The molecule has 3 nitrogen and oxygen atoms in total. The first-order valence-corrected chi connectivity index (χ1v) is 5.55. The van der Waals surface area contributed by atoms with E-state index in [4.69, 9.17) is 0 Å². The third-order valence-electron chi connectivity index (χ3n) is 2.68. The third-order valence-corrected chi connectivity index (χ3v) is 2.68. The predicted octanol–water partition coefficient (Wildman–Crippen LogP) is 1.79. The van der Waals surface area contributed by atoms with Crippen LogP contribution >= 0.6 is 0 Å². The largest absolute Gasteiger partial charge is 0.345 e. The maximum Gasteiger partial charge on any atom is 0.120 e. The van der Waals surface area contributed by atoms with Gasteiger partial charge in [-0.25, -0.2) is 4.98 Å². The molecule has 0 atom stereocenters. The minimum Gasteiger partial charge on any atom is -0.345 e. The number of aromatic nitrogens is 2. The van der Waals surface area contributed by atoms with E-state index in [1.807, 2.05) is 0 Å². The van der Waals surface area contributed by atoms with Crippen molar-refractivity contribution in [2.24, 2.45) is 0 Å². The minimum atomic E-state index is 0.525. The van der Waals surface area contributed by atoms with E-state index in [1.165, 1.54) is 30.7 Å². The number of H-pyrrole nitrogens is 1. The second-order valence-corrected chi connectivity index (χ2v) is 4.35. The van der Waals surface area contributed by atoms with Gasteiger partial charge in [0.25, 0.3) is 0 Å². The summed E-state index contributed by atoms with van der Waals surface area (Å²) in [5.74, 6) is 1.10. The fourth-order valence-corrected chi connectivity index (χ4v) is 1.90. The Kier molecular flexibility index (Phi) is 2.87. The van der Waals surface area contributed by atoms with Crippen molar-refractivity contribution in [3.63, 3.8) is 0 Å². The topological polar surface area (TPSA) is 40.7 Å². The van der Waals surface area contributed by atoms with Crippen molar-refractivity contribution in [1.29, 1.82) is 0 Å². The SMILES string of the molecule is CC(C)NCc1nc2c([nH]1)CCCC2. The molecule has 1 aromatic rings. The first-order valence-electron chi connectivity index (χ1n) is 5.55. The van der Waals surface area contributed by atoms with Crippen LogP contribution in [0.3, 0.4) is 0 Å². The summed E-state index contributed by atoms with van der Waals surface area (Å²) in [6.45, 7) is 5.18. The van der Waals surface area contributed by atoms with E-state index in [0.717, 1.165) is 18.8 Å². The number of nitrogens with one attached hydrogen (secondary N) is 2. The van der Waals surface area contributed by atoms with Crippen molar-refractivity contribution in [1.82, 2.24) is 15.3 Å². The quantitative estimate of drug-likeness (QED) is 0.768. The fraction of sp³-hybridized carbons (Fsp3) is 0.727. The third kappa shape index (κ3) is 2.15. The summed E-state index contributed by atoms with van der Waals surface area (Å²) in [5.41, 5.74) is 2.67. The van der Waals surface area contributed by atoms with Gasteiger partial charge in [-0.15, -0.1) is 0 Å². The van der Waals surface area contributed by atoms with Gasteiger partial charge in [0.05, 0.1) is 12.2 Å². The lowest BCUT2D eigenvalue weighted by Gasteiger charge is -2.07. The Hall–Kier alpha value is -0.830. The molecular formula is C11H19N3. The zero-order valence-electron chi connectivity index (χ0n) is 9.06. The van der Waals surface area contributed by atoms with Crippen LogP contribution in [0.15, 0.2) is 0 Å². The van der Waals surface area contributed by atoms with E-state index in [2.05, 4.69) is 29.1 Å². The van der Waals surface area contributed by atoms with Crippen LogP contribution in [-0.2, 0) is 19.4 Å². The van der Waals surface area contributed by atoms with Crippen LogP contribution in [0.4, 0.5) is 0 Å². The molecule has 0 amide bonds. The maximum absolute atomic E-state index is 4.60. The molecule has 2 rings (SSSR count). The maximum atomic E-state index is 4.60. The Morgan fingerprint density at radius 1 is 1.36 bits per heavy atom. The van der Waals surface area contributed by atoms with Gasteiger partial charge in [0, 0.05) is 11.7 Å². The molecule has 0 radical (unpaired) electrons. The predicted molar refractivity (Wildman–Crippen MR) is 57.2 cm³/mol. The van der Waals surface area contributed by atoms with Gasteiger partial charge in [0.15, 0.2) is 0 Å². The highest BCUT2D eigenvalue weighted by Crippen LogP contribution is 2.18. The lowest BCUT2D eigenvalue weighted by Crippen LogP contribution is -2.22. The summed E-state index contributed by atoms with van der Waals surface area (Å²) in [5, 5.41) is 3.38. The number of aromatic amines is 1. The van der Waals surface area contributed by atoms with Gasteiger partial charge in [0.2, 0.25) is 0 Å². The van der Waals surface area contributed by atoms with Gasteiger partial charge in [-0.3, -0.25) is 0 Å². The summed E-state index contributed by atoms with van der Waals surface area (Å²) in [4.78, 5) is 8.02. The molecule has 0 unspecified atom stereocenters. The van der Waals surface area contributed by atoms with Crippen LogP contribution in [0, 0.1) is 0 Å². The smallest absolute Gasteiger partial charge is 0.120 e. The van der Waals surface area contributed by atoms with Crippen LogP contribution in [0.25, 0.3) is 0 Å². The number of hydrogen-bond donors (Lipinski definition) is 2. The zero-order valence-corrected chi connectivity index (χ0v) is 9.06. The summed E-state index contributed by atoms with van der Waals surface area (Å²) < 4.78 is 0. The van der Waals surface area contributed by atoms with Crippen molar-refractivity contribution < 1.29 is 0 Å². The second-order valence-electron chi connectivity index (χ2n) is 4.35. The van der Waals surface area contributed by atoms with E-state index in [1.54, 1.807) is 0 Å². The lowest BCUT2D eigenvalue weighted by atomic mass is 10.0. The molecule has 0 saturated carbocycles. The molecule has 0 bridgehead atoms. The molecule has 1 aromatic heterocycles. The van der Waals surface area contributed by atoms with Gasteiger partial charge < -0.3 is 10.3 Å². The van der Waals surface area contributed by atoms with Crippen LogP contribution in [0.2, 0.25) is 0 Å². The number of fused-ring (bicyclic) bond motifs is 1. The van der Waals surface area contributed by atoms with E-state index in [-0.39, 0.29) is 0 Å². The molecule has 0 fully saturated rings. The van der Waals surface area contributed by atoms with Gasteiger partial charge in [-0.1, -0.05) is 13.8 Å². The van der Waals surface area contributed by atoms with Crippen molar-refractivity contribution in [2.75, 3.05) is 0 Å². The van der Waals surface area contributed by atoms with Crippen molar-refractivity contribution in [2.45, 2.75) is 52.1 Å². The molecule has 1 aliphatic rings. The fourth-order valence-electron chi connectivity index (χ4n) is 1.90. The molecule has 0 saturated heterocycles. The van der Waals surface area contributed by atoms with Crippen LogP contribution in [0.1, 0.15) is 43.9 Å². The number of rotatable bonds is 3. The van der Waals surface area contributed by atoms with E-state index in [9.17, 15) is 0 Å². The van der Waals surface area contributed by atoms with E-state index in [0.29, 0.717) is 6.04 Å². The highest BCUT2D eigenvalue weighted by atomic mass is 15.0. The standard InChI is InChI=1S/C11H19N3/c1-8(2)12-7-11-13-9-5-3-4-6-10(9)14-11/h8,12H,3-7H2,1-2H3,(H,13,14). The van der Waals surface area contributed by atoms with Crippen LogP contribution < -0.4 is 5.32 Å². The van der Waals surface area contributed by atoms with Crippen molar-refractivity contribution in [3.05, 3.63) is 17.2 Å². The Balaban J connectivity index is 2.01. The number of aryl methyl sites for hydroxylation is 2. The molecule has 14 heavy (non-hydrogen) atoms. The molecule has 1 aliphatic carbocycles. The molecular weight excluding hydrogens is 174 g/mol. The average Bonchev–Trinajstić information content (AvgIpc) is 2.57. The monoisotopic (exact) mass is 193 g/mol. The van der Waals surface area contributed by atoms with Crippen molar-refractivity contribution >= 4 is 0 Å². The molecule has 78 valence electrons. The van der Waals surface area contributed by atoms with Gasteiger partial charge in [0.1, 0.15) is 5.82 Å². The highest BCUT2D eigenvalue weighted by Gasteiger charge is 2.13. The van der Waals surface area contributed by atoms with Gasteiger partial charge in [-0.05, 0) is 25.7 Å². The summed E-state index contributed by atoms with van der Waals surface area (Å²) in [6.07, 6.45) is 4.96. The average molecular weight is 193 g/mol. The second kappa shape index (κ2) is 4.13. The van der Waals surface area contributed by atoms with E-state index >= 15 is 0 Å². The van der Waals surface area contributed by atoms with Crippen LogP contribution in [0.5, 0.6) is 0 Å². The minimum absolute atomic E-state index is 0.525. The van der Waals surface area contributed by atoms with Gasteiger partial charge >= 0.3 is 0 Å². The Bertz CT molecular complexity index is 278. The molecule has 2 N–H and O–H groups in total. The first kappa shape index (κ1) is 9.71. The summed E-state index contributed by atoms with van der Waals surface area (Å²) in [6, 6.07) is 0.525. The summed E-state index contributed by atoms with van der Waals surface area (Å²) >= 11 is 0.